The Bertz CT molecular complexity index is 584. The fourth-order valence-electron chi connectivity index (χ4n) is 1.56. The van der Waals surface area contributed by atoms with Gasteiger partial charge >= 0.3 is 0 Å². The fraction of sp³-hybridized carbons (Fsp3) is 0.357. The number of hydrogen-bond donors (Lipinski definition) is 1. The Morgan fingerprint density at radius 2 is 2.05 bits per heavy atom. The molecule has 0 aliphatic carbocycles. The molecule has 0 fully saturated rings. The minimum Gasteiger partial charge on any atom is -0.415 e. The van der Waals surface area contributed by atoms with Gasteiger partial charge in [0.2, 0.25) is 11.8 Å². The molecule has 0 spiro atoms. The number of benzene rings is 1. The predicted octanol–water partition coefficient (Wildman–Crippen LogP) is 2.65. The number of hydrogen-bond acceptors (Lipinski definition) is 6. The number of thioether (sulfide) groups is 2. The molecule has 1 heterocycles. The van der Waals surface area contributed by atoms with Crippen LogP contribution in [0.15, 0.2) is 33.9 Å². The number of nitrogens with zero attached hydrogens (tertiary/aromatic N) is 2. The zero-order valence-electron chi connectivity index (χ0n) is 12.0. The van der Waals surface area contributed by atoms with Crippen LogP contribution in [0.4, 0.5) is 0 Å². The van der Waals surface area contributed by atoms with Crippen molar-refractivity contribution in [1.82, 2.24) is 15.5 Å². The van der Waals surface area contributed by atoms with Crippen LogP contribution >= 0.6 is 23.5 Å². The van der Waals surface area contributed by atoms with Crippen LogP contribution in [0.25, 0.3) is 0 Å². The van der Waals surface area contributed by atoms with E-state index in [0.29, 0.717) is 23.4 Å². The highest BCUT2D eigenvalue weighted by Crippen LogP contribution is 2.17. The van der Waals surface area contributed by atoms with E-state index in [-0.39, 0.29) is 11.7 Å². The number of amides is 1. The van der Waals surface area contributed by atoms with Crippen molar-refractivity contribution < 1.29 is 9.21 Å². The molecule has 1 N–H and O–H groups in total. The minimum absolute atomic E-state index is 0.0507. The molecule has 2 aromatic rings. The van der Waals surface area contributed by atoms with E-state index in [1.807, 2.05) is 37.4 Å². The van der Waals surface area contributed by atoms with E-state index in [1.165, 1.54) is 17.3 Å². The Labute approximate surface area is 132 Å². The summed E-state index contributed by atoms with van der Waals surface area (Å²) < 4.78 is 5.39. The van der Waals surface area contributed by atoms with Gasteiger partial charge in [-0.3, -0.25) is 4.79 Å². The van der Waals surface area contributed by atoms with Crippen molar-refractivity contribution in [1.29, 1.82) is 0 Å². The molecule has 0 saturated heterocycles. The Hall–Kier alpha value is -1.47. The van der Waals surface area contributed by atoms with Crippen LogP contribution in [0.3, 0.4) is 0 Å². The third-order valence-corrected chi connectivity index (χ3v) is 4.01. The first-order valence-electron chi connectivity index (χ1n) is 6.43. The first-order valence-corrected chi connectivity index (χ1v) is 8.81. The number of rotatable bonds is 7. The largest absolute Gasteiger partial charge is 0.415 e. The van der Waals surface area contributed by atoms with Gasteiger partial charge in [0.1, 0.15) is 0 Å². The normalized spacial score (nSPS) is 10.6. The van der Waals surface area contributed by atoms with Gasteiger partial charge in [0.25, 0.3) is 5.22 Å². The van der Waals surface area contributed by atoms with E-state index in [1.54, 1.807) is 11.8 Å². The van der Waals surface area contributed by atoms with Crippen LogP contribution in [-0.4, -0.2) is 28.1 Å². The highest BCUT2D eigenvalue weighted by molar-refractivity contribution is 7.99. The van der Waals surface area contributed by atoms with E-state index in [2.05, 4.69) is 15.5 Å². The molecule has 0 radical (unpaired) electrons. The maximum Gasteiger partial charge on any atom is 0.277 e. The van der Waals surface area contributed by atoms with Crippen molar-refractivity contribution in [3.8, 4) is 0 Å². The molecule has 5 nitrogen and oxygen atoms in total. The molecule has 112 valence electrons. The van der Waals surface area contributed by atoms with E-state index in [4.69, 9.17) is 4.42 Å². The maximum absolute atomic E-state index is 11.8. The van der Waals surface area contributed by atoms with Crippen molar-refractivity contribution >= 4 is 29.4 Å². The number of aromatic nitrogens is 2. The quantitative estimate of drug-likeness (QED) is 0.790. The van der Waals surface area contributed by atoms with Gasteiger partial charge in [-0.2, -0.15) is 11.8 Å². The summed E-state index contributed by atoms with van der Waals surface area (Å²) >= 11 is 2.87. The van der Waals surface area contributed by atoms with Crippen molar-refractivity contribution in [3.05, 3.63) is 41.3 Å². The van der Waals surface area contributed by atoms with Crippen LogP contribution in [0.2, 0.25) is 0 Å². The second-order valence-electron chi connectivity index (χ2n) is 4.45. The standard InChI is InChI=1S/C14H17N3O2S2/c1-10-3-5-11(6-4-10)7-15-12(18)8-21-14-17-16-13(19-14)9-20-2/h3-6H,7-9H2,1-2H3,(H,15,18). The first-order chi connectivity index (χ1) is 10.2. The number of carbonyl (C=O) groups excluding carboxylic acids is 1. The lowest BCUT2D eigenvalue weighted by molar-refractivity contribution is -0.118. The summed E-state index contributed by atoms with van der Waals surface area (Å²) in [7, 11) is 0. The predicted molar refractivity (Wildman–Crippen MR) is 85.3 cm³/mol. The van der Waals surface area contributed by atoms with Crippen LogP contribution in [0.5, 0.6) is 0 Å². The number of aryl methyl sites for hydroxylation is 1. The molecule has 2 rings (SSSR count). The van der Waals surface area contributed by atoms with E-state index in [0.717, 1.165) is 5.56 Å². The Kier molecular flexibility index (Phi) is 6.13. The third kappa shape index (κ3) is 5.43. The molecule has 0 aliphatic heterocycles. The van der Waals surface area contributed by atoms with Gasteiger partial charge in [0, 0.05) is 6.54 Å². The van der Waals surface area contributed by atoms with Crippen molar-refractivity contribution in [3.63, 3.8) is 0 Å². The summed E-state index contributed by atoms with van der Waals surface area (Å²) in [6.45, 7) is 2.57. The number of carbonyl (C=O) groups is 1. The van der Waals surface area contributed by atoms with E-state index >= 15 is 0 Å². The van der Waals surface area contributed by atoms with Gasteiger partial charge < -0.3 is 9.73 Å². The molecule has 0 aliphatic rings. The van der Waals surface area contributed by atoms with Gasteiger partial charge in [-0.25, -0.2) is 0 Å². The zero-order valence-corrected chi connectivity index (χ0v) is 13.6. The molecular formula is C14H17N3O2S2. The highest BCUT2D eigenvalue weighted by Gasteiger charge is 2.09. The van der Waals surface area contributed by atoms with Crippen LogP contribution < -0.4 is 5.32 Å². The summed E-state index contributed by atoms with van der Waals surface area (Å²) in [6.07, 6.45) is 1.97. The molecule has 1 aromatic carbocycles. The molecule has 7 heteroatoms. The Morgan fingerprint density at radius 1 is 1.29 bits per heavy atom. The molecule has 0 atom stereocenters. The summed E-state index contributed by atoms with van der Waals surface area (Å²) in [5, 5.41) is 11.1. The monoisotopic (exact) mass is 323 g/mol. The van der Waals surface area contributed by atoms with Gasteiger partial charge in [0.15, 0.2) is 0 Å². The van der Waals surface area contributed by atoms with E-state index < -0.39 is 0 Å². The maximum atomic E-state index is 11.8. The summed E-state index contributed by atoms with van der Waals surface area (Å²) in [5.74, 6) is 1.50. The lowest BCUT2D eigenvalue weighted by Crippen LogP contribution is -2.24. The fourth-order valence-corrected chi connectivity index (χ4v) is 2.54. The summed E-state index contributed by atoms with van der Waals surface area (Å²) in [5.41, 5.74) is 2.29. The lowest BCUT2D eigenvalue weighted by Gasteiger charge is -2.04. The Balaban J connectivity index is 1.72. The average Bonchev–Trinajstić information content (AvgIpc) is 2.93. The SMILES string of the molecule is CSCc1nnc(SCC(=O)NCc2ccc(C)cc2)o1. The van der Waals surface area contributed by atoms with E-state index in [9.17, 15) is 4.79 Å². The first kappa shape index (κ1) is 15.9. The van der Waals surface area contributed by atoms with Crippen molar-refractivity contribution in [2.75, 3.05) is 12.0 Å². The Morgan fingerprint density at radius 3 is 2.76 bits per heavy atom. The average molecular weight is 323 g/mol. The lowest BCUT2D eigenvalue weighted by atomic mass is 10.1. The molecule has 0 unspecified atom stereocenters. The van der Waals surface area contributed by atoms with Crippen LogP contribution in [0, 0.1) is 6.92 Å². The second-order valence-corrected chi connectivity index (χ2v) is 6.24. The topological polar surface area (TPSA) is 68.0 Å². The van der Waals surface area contributed by atoms with Crippen LogP contribution in [-0.2, 0) is 17.1 Å². The van der Waals surface area contributed by atoms with Crippen LogP contribution in [0.1, 0.15) is 17.0 Å². The van der Waals surface area contributed by atoms with Gasteiger partial charge in [-0.05, 0) is 18.7 Å². The second kappa shape index (κ2) is 8.09. The van der Waals surface area contributed by atoms with Gasteiger partial charge in [-0.1, -0.05) is 41.6 Å². The van der Waals surface area contributed by atoms with Gasteiger partial charge in [0.05, 0.1) is 11.5 Å². The smallest absolute Gasteiger partial charge is 0.277 e. The molecule has 1 aromatic heterocycles. The van der Waals surface area contributed by atoms with Crippen molar-refractivity contribution in [2.45, 2.75) is 24.4 Å². The summed E-state index contributed by atoms with van der Waals surface area (Å²) in [6, 6.07) is 8.08. The molecule has 21 heavy (non-hydrogen) atoms. The summed E-state index contributed by atoms with van der Waals surface area (Å²) in [4.78, 5) is 11.8. The molecular weight excluding hydrogens is 306 g/mol. The van der Waals surface area contributed by atoms with Crippen molar-refractivity contribution in [2.24, 2.45) is 0 Å². The number of nitrogens with one attached hydrogen (secondary N) is 1. The molecule has 0 bridgehead atoms. The zero-order chi connectivity index (χ0) is 15.1. The third-order valence-electron chi connectivity index (χ3n) is 2.65. The highest BCUT2D eigenvalue weighted by atomic mass is 32.2. The molecule has 1 amide bonds. The van der Waals surface area contributed by atoms with Gasteiger partial charge in [-0.15, -0.1) is 10.2 Å². The molecule has 0 saturated carbocycles. The minimum atomic E-state index is -0.0507.